The van der Waals surface area contributed by atoms with Crippen molar-refractivity contribution in [3.63, 3.8) is 0 Å². The first-order valence-electron chi connectivity index (χ1n) is 6.90. The van der Waals surface area contributed by atoms with Crippen molar-refractivity contribution in [1.82, 2.24) is 15.3 Å². The van der Waals surface area contributed by atoms with E-state index >= 15 is 0 Å². The summed E-state index contributed by atoms with van der Waals surface area (Å²) in [5, 5.41) is 3.25. The number of carbonyl (C=O) groups is 1. The summed E-state index contributed by atoms with van der Waals surface area (Å²) in [6.07, 6.45) is 2.40. The lowest BCUT2D eigenvalue weighted by Crippen LogP contribution is -2.24. The third-order valence-electron chi connectivity index (χ3n) is 3.50. The Hall–Kier alpha value is -1.68. The highest BCUT2D eigenvalue weighted by Crippen LogP contribution is 2.20. The number of hydrogen-bond donors (Lipinski definition) is 2. The molecule has 4 nitrogen and oxygen atoms in total. The third kappa shape index (κ3) is 2.68. The van der Waals surface area contributed by atoms with Crippen molar-refractivity contribution in [2.75, 3.05) is 6.54 Å². The zero-order valence-electron chi connectivity index (χ0n) is 11.4. The lowest BCUT2D eigenvalue weighted by atomic mass is 10.1. The first kappa shape index (κ1) is 12.4. The minimum Gasteiger partial charge on any atom is -0.342 e. The van der Waals surface area contributed by atoms with E-state index in [1.807, 2.05) is 18.2 Å². The average Bonchev–Trinajstić information content (AvgIpc) is 3.12. The van der Waals surface area contributed by atoms with Gasteiger partial charge in [-0.05, 0) is 31.0 Å². The van der Waals surface area contributed by atoms with Gasteiger partial charge in [-0.25, -0.2) is 4.98 Å². The van der Waals surface area contributed by atoms with Crippen molar-refractivity contribution < 1.29 is 4.79 Å². The maximum atomic E-state index is 12.1. The molecule has 0 atom stereocenters. The Labute approximate surface area is 112 Å². The molecule has 2 aromatic rings. The summed E-state index contributed by atoms with van der Waals surface area (Å²) < 4.78 is 0. The number of Topliss-reactive ketones (excluding diaryl/α,β-unsaturated/α-hetero) is 1. The molecule has 1 saturated carbocycles. The molecular formula is C15H19N3O. The molecule has 1 aromatic heterocycles. The molecule has 0 bridgehead atoms. The van der Waals surface area contributed by atoms with Crippen LogP contribution in [-0.2, 0) is 0 Å². The Morgan fingerprint density at radius 3 is 2.95 bits per heavy atom. The predicted molar refractivity (Wildman–Crippen MR) is 75.5 cm³/mol. The average molecular weight is 257 g/mol. The van der Waals surface area contributed by atoms with E-state index in [0.29, 0.717) is 18.5 Å². The fraction of sp³-hybridized carbons (Fsp3) is 0.467. The molecule has 0 spiro atoms. The Morgan fingerprint density at radius 2 is 2.26 bits per heavy atom. The number of aromatic nitrogens is 2. The number of imidazole rings is 1. The van der Waals surface area contributed by atoms with Gasteiger partial charge >= 0.3 is 0 Å². The van der Waals surface area contributed by atoms with Crippen LogP contribution < -0.4 is 5.32 Å². The maximum absolute atomic E-state index is 12.1. The SMILES string of the molecule is CC(C)c1nc2ccc(C(=O)CNC3CC3)cc2[nH]1. The lowest BCUT2D eigenvalue weighted by molar-refractivity contribution is 0.0990. The Morgan fingerprint density at radius 1 is 1.47 bits per heavy atom. The molecule has 0 aliphatic heterocycles. The van der Waals surface area contributed by atoms with E-state index in [-0.39, 0.29) is 5.78 Å². The number of carbonyl (C=O) groups excluding carboxylic acids is 1. The van der Waals surface area contributed by atoms with Gasteiger partial charge < -0.3 is 10.3 Å². The van der Waals surface area contributed by atoms with E-state index in [4.69, 9.17) is 0 Å². The molecule has 0 radical (unpaired) electrons. The van der Waals surface area contributed by atoms with Crippen molar-refractivity contribution >= 4 is 16.8 Å². The molecule has 0 saturated heterocycles. The third-order valence-corrected chi connectivity index (χ3v) is 3.50. The molecule has 1 aliphatic carbocycles. The van der Waals surface area contributed by atoms with Gasteiger partial charge in [-0.1, -0.05) is 13.8 Å². The monoisotopic (exact) mass is 257 g/mol. The summed E-state index contributed by atoms with van der Waals surface area (Å²) in [4.78, 5) is 19.9. The number of H-pyrrole nitrogens is 1. The van der Waals surface area contributed by atoms with Crippen molar-refractivity contribution in [3.8, 4) is 0 Å². The van der Waals surface area contributed by atoms with Gasteiger partial charge in [-0.2, -0.15) is 0 Å². The van der Waals surface area contributed by atoms with Crippen LogP contribution in [0.2, 0.25) is 0 Å². The van der Waals surface area contributed by atoms with Gasteiger partial charge in [0.15, 0.2) is 5.78 Å². The van der Waals surface area contributed by atoms with Gasteiger partial charge in [-0.15, -0.1) is 0 Å². The van der Waals surface area contributed by atoms with Crippen LogP contribution in [-0.4, -0.2) is 28.3 Å². The van der Waals surface area contributed by atoms with Crippen LogP contribution in [0.5, 0.6) is 0 Å². The first-order valence-corrected chi connectivity index (χ1v) is 6.90. The second-order valence-electron chi connectivity index (χ2n) is 5.59. The van der Waals surface area contributed by atoms with E-state index < -0.39 is 0 Å². The fourth-order valence-corrected chi connectivity index (χ4v) is 2.10. The smallest absolute Gasteiger partial charge is 0.176 e. The standard InChI is InChI=1S/C15H19N3O/c1-9(2)15-17-12-6-3-10(7-13(12)18-15)14(19)8-16-11-4-5-11/h3,6-7,9,11,16H,4-5,8H2,1-2H3,(H,17,18). The normalized spacial score (nSPS) is 15.3. The van der Waals surface area contributed by atoms with E-state index in [1.165, 1.54) is 12.8 Å². The summed E-state index contributed by atoms with van der Waals surface area (Å²) >= 11 is 0. The number of benzene rings is 1. The minimum atomic E-state index is 0.148. The zero-order chi connectivity index (χ0) is 13.4. The van der Waals surface area contributed by atoms with Crippen molar-refractivity contribution in [3.05, 3.63) is 29.6 Å². The van der Waals surface area contributed by atoms with Gasteiger partial charge in [-0.3, -0.25) is 4.79 Å². The molecule has 1 aliphatic rings. The lowest BCUT2D eigenvalue weighted by Gasteiger charge is -2.02. The van der Waals surface area contributed by atoms with Gasteiger partial charge in [0.05, 0.1) is 17.6 Å². The molecular weight excluding hydrogens is 238 g/mol. The molecule has 1 heterocycles. The predicted octanol–water partition coefficient (Wildman–Crippen LogP) is 2.62. The highest BCUT2D eigenvalue weighted by atomic mass is 16.1. The topological polar surface area (TPSA) is 57.8 Å². The minimum absolute atomic E-state index is 0.148. The van der Waals surface area contributed by atoms with Gasteiger partial charge in [0, 0.05) is 17.5 Å². The van der Waals surface area contributed by atoms with Gasteiger partial charge in [0.25, 0.3) is 0 Å². The van der Waals surface area contributed by atoms with Crippen LogP contribution in [0.3, 0.4) is 0 Å². The molecule has 100 valence electrons. The van der Waals surface area contributed by atoms with Crippen molar-refractivity contribution in [2.24, 2.45) is 0 Å². The molecule has 0 amide bonds. The summed E-state index contributed by atoms with van der Waals surface area (Å²) in [5.74, 6) is 1.48. The fourth-order valence-electron chi connectivity index (χ4n) is 2.10. The highest BCUT2D eigenvalue weighted by molar-refractivity contribution is 6.00. The summed E-state index contributed by atoms with van der Waals surface area (Å²) in [6.45, 7) is 4.63. The second kappa shape index (κ2) is 4.78. The number of nitrogens with one attached hydrogen (secondary N) is 2. The van der Waals surface area contributed by atoms with Crippen LogP contribution in [0.15, 0.2) is 18.2 Å². The Bertz CT molecular complexity index is 611. The maximum Gasteiger partial charge on any atom is 0.176 e. The summed E-state index contributed by atoms with van der Waals surface area (Å²) in [5.41, 5.74) is 2.62. The first-order chi connectivity index (χ1) is 9.13. The number of rotatable bonds is 5. The largest absolute Gasteiger partial charge is 0.342 e. The number of ketones is 1. The van der Waals surface area contributed by atoms with Crippen LogP contribution >= 0.6 is 0 Å². The number of fused-ring (bicyclic) bond motifs is 1. The van der Waals surface area contributed by atoms with E-state index in [1.54, 1.807) is 0 Å². The molecule has 3 rings (SSSR count). The van der Waals surface area contributed by atoms with Gasteiger partial charge in [0.2, 0.25) is 0 Å². The van der Waals surface area contributed by atoms with E-state index in [0.717, 1.165) is 22.4 Å². The molecule has 19 heavy (non-hydrogen) atoms. The van der Waals surface area contributed by atoms with Crippen LogP contribution in [0, 0.1) is 0 Å². The second-order valence-corrected chi connectivity index (χ2v) is 5.59. The molecule has 2 N–H and O–H groups in total. The highest BCUT2D eigenvalue weighted by Gasteiger charge is 2.21. The molecule has 1 aromatic carbocycles. The van der Waals surface area contributed by atoms with E-state index in [2.05, 4.69) is 29.1 Å². The number of nitrogens with zero attached hydrogens (tertiary/aromatic N) is 1. The van der Waals surface area contributed by atoms with Crippen LogP contribution in [0.4, 0.5) is 0 Å². The number of aromatic amines is 1. The number of hydrogen-bond acceptors (Lipinski definition) is 3. The Kier molecular flexibility index (Phi) is 3.11. The van der Waals surface area contributed by atoms with Crippen molar-refractivity contribution in [1.29, 1.82) is 0 Å². The molecule has 4 heteroatoms. The van der Waals surface area contributed by atoms with Crippen LogP contribution in [0.1, 0.15) is 48.8 Å². The quantitative estimate of drug-likeness (QED) is 0.809. The summed E-state index contributed by atoms with van der Waals surface area (Å²) in [7, 11) is 0. The Balaban J connectivity index is 1.81. The van der Waals surface area contributed by atoms with Gasteiger partial charge in [0.1, 0.15) is 5.82 Å². The van der Waals surface area contributed by atoms with Crippen LogP contribution in [0.25, 0.3) is 11.0 Å². The van der Waals surface area contributed by atoms with E-state index in [9.17, 15) is 4.79 Å². The zero-order valence-corrected chi connectivity index (χ0v) is 11.4. The molecule has 1 fully saturated rings. The van der Waals surface area contributed by atoms with Crippen molar-refractivity contribution in [2.45, 2.75) is 38.6 Å². The molecule has 0 unspecified atom stereocenters. The summed E-state index contributed by atoms with van der Waals surface area (Å²) in [6, 6.07) is 6.25.